The van der Waals surface area contributed by atoms with Crippen LogP contribution in [-0.2, 0) is 11.2 Å². The van der Waals surface area contributed by atoms with Crippen molar-refractivity contribution in [2.24, 2.45) is 5.92 Å². The van der Waals surface area contributed by atoms with E-state index in [9.17, 15) is 9.59 Å². The predicted molar refractivity (Wildman–Crippen MR) is 90.8 cm³/mol. The minimum atomic E-state index is -0.413. The zero-order valence-electron chi connectivity index (χ0n) is 14.1. The van der Waals surface area contributed by atoms with Crippen LogP contribution >= 0.6 is 0 Å². The standard InChI is InChI=1S/C19H24O4/c1-4-5-8-15-18(23-17(20)12-11-13(2)3)14-9-6-7-10-16(14)22-19(15)21/h6-7,9-10,13H,4-5,8,11-12H2,1-3H3. The molecule has 1 aromatic carbocycles. The third-order valence-electron chi connectivity index (χ3n) is 3.78. The van der Waals surface area contributed by atoms with Gasteiger partial charge in [0.2, 0.25) is 0 Å². The number of unbranched alkanes of at least 4 members (excludes halogenated alkanes) is 1. The lowest BCUT2D eigenvalue weighted by atomic mass is 10.1. The van der Waals surface area contributed by atoms with Crippen molar-refractivity contribution in [3.05, 3.63) is 40.2 Å². The number of carbonyl (C=O) groups is 1. The van der Waals surface area contributed by atoms with E-state index >= 15 is 0 Å². The number of para-hydroxylation sites is 1. The highest BCUT2D eigenvalue weighted by molar-refractivity contribution is 5.87. The second-order valence-electron chi connectivity index (χ2n) is 6.20. The van der Waals surface area contributed by atoms with Crippen molar-refractivity contribution in [1.82, 2.24) is 0 Å². The topological polar surface area (TPSA) is 56.5 Å². The molecule has 0 radical (unpaired) electrons. The van der Waals surface area contributed by atoms with Gasteiger partial charge in [0.25, 0.3) is 0 Å². The van der Waals surface area contributed by atoms with Crippen LogP contribution in [0.5, 0.6) is 5.75 Å². The number of rotatable bonds is 7. The lowest BCUT2D eigenvalue weighted by Gasteiger charge is -2.12. The predicted octanol–water partition coefficient (Wildman–Crippen LogP) is 4.48. The maximum absolute atomic E-state index is 12.2. The normalized spacial score (nSPS) is 11.1. The number of hydrogen-bond donors (Lipinski definition) is 0. The molecule has 2 rings (SSSR count). The molecule has 0 bridgehead atoms. The maximum atomic E-state index is 12.2. The van der Waals surface area contributed by atoms with Gasteiger partial charge in [-0.05, 0) is 37.3 Å². The minimum Gasteiger partial charge on any atom is -0.425 e. The Hall–Kier alpha value is -2.10. The van der Waals surface area contributed by atoms with Gasteiger partial charge >= 0.3 is 11.6 Å². The van der Waals surface area contributed by atoms with Gasteiger partial charge < -0.3 is 9.15 Å². The van der Waals surface area contributed by atoms with Crippen molar-refractivity contribution < 1.29 is 13.9 Å². The maximum Gasteiger partial charge on any atom is 0.343 e. The summed E-state index contributed by atoms with van der Waals surface area (Å²) in [5, 5.41) is 0.677. The Labute approximate surface area is 136 Å². The van der Waals surface area contributed by atoms with E-state index < -0.39 is 5.63 Å². The molecule has 23 heavy (non-hydrogen) atoms. The number of carbonyl (C=O) groups excluding carboxylic acids is 1. The number of benzene rings is 1. The quantitative estimate of drug-likeness (QED) is 0.558. The summed E-state index contributed by atoms with van der Waals surface area (Å²) < 4.78 is 11.0. The molecule has 0 fully saturated rings. The molecule has 0 aliphatic carbocycles. The Bertz CT molecular complexity index is 728. The van der Waals surface area contributed by atoms with Crippen LogP contribution in [0.1, 0.15) is 52.0 Å². The first-order valence-corrected chi connectivity index (χ1v) is 8.28. The lowest BCUT2D eigenvalue weighted by molar-refractivity contribution is -0.134. The molecule has 0 unspecified atom stereocenters. The summed E-state index contributed by atoms with van der Waals surface area (Å²) >= 11 is 0. The van der Waals surface area contributed by atoms with Gasteiger partial charge in [0, 0.05) is 6.42 Å². The molecule has 0 spiro atoms. The summed E-state index contributed by atoms with van der Waals surface area (Å²) in [5.41, 5.74) is 0.497. The summed E-state index contributed by atoms with van der Waals surface area (Å²) in [4.78, 5) is 24.4. The number of esters is 1. The molecule has 0 N–H and O–H groups in total. The second kappa shape index (κ2) is 7.95. The Morgan fingerprint density at radius 2 is 2.00 bits per heavy atom. The van der Waals surface area contributed by atoms with Gasteiger partial charge in [0.05, 0.1) is 10.9 Å². The van der Waals surface area contributed by atoms with Crippen molar-refractivity contribution in [1.29, 1.82) is 0 Å². The van der Waals surface area contributed by atoms with Crippen LogP contribution in [0.3, 0.4) is 0 Å². The number of hydrogen-bond acceptors (Lipinski definition) is 4. The van der Waals surface area contributed by atoms with Crippen LogP contribution in [0.4, 0.5) is 0 Å². The van der Waals surface area contributed by atoms with Crippen LogP contribution < -0.4 is 10.4 Å². The third-order valence-corrected chi connectivity index (χ3v) is 3.78. The Balaban J connectivity index is 2.40. The molecule has 0 amide bonds. The van der Waals surface area contributed by atoms with Gasteiger partial charge in [-0.3, -0.25) is 4.79 Å². The van der Waals surface area contributed by atoms with E-state index in [1.807, 2.05) is 12.1 Å². The van der Waals surface area contributed by atoms with Crippen molar-refractivity contribution in [2.45, 2.75) is 52.9 Å². The fraction of sp³-hybridized carbons (Fsp3) is 0.474. The first-order valence-electron chi connectivity index (χ1n) is 8.28. The molecule has 4 nitrogen and oxygen atoms in total. The molecule has 0 aliphatic rings. The molecule has 0 saturated heterocycles. The zero-order valence-corrected chi connectivity index (χ0v) is 14.1. The van der Waals surface area contributed by atoms with Gasteiger partial charge in [0.1, 0.15) is 5.58 Å². The minimum absolute atomic E-state index is 0.299. The van der Waals surface area contributed by atoms with E-state index in [1.54, 1.807) is 12.1 Å². The Kier molecular flexibility index (Phi) is 5.97. The fourth-order valence-corrected chi connectivity index (χ4v) is 2.42. The van der Waals surface area contributed by atoms with Crippen molar-refractivity contribution in [2.75, 3.05) is 0 Å². The van der Waals surface area contributed by atoms with Gasteiger partial charge in [-0.1, -0.05) is 39.3 Å². The molecule has 2 aromatic rings. The smallest absolute Gasteiger partial charge is 0.343 e. The van der Waals surface area contributed by atoms with E-state index in [0.717, 1.165) is 19.3 Å². The van der Waals surface area contributed by atoms with Crippen LogP contribution in [0.2, 0.25) is 0 Å². The van der Waals surface area contributed by atoms with E-state index in [-0.39, 0.29) is 5.97 Å². The molecule has 1 aromatic heterocycles. The Morgan fingerprint density at radius 1 is 1.26 bits per heavy atom. The van der Waals surface area contributed by atoms with E-state index in [2.05, 4.69) is 20.8 Å². The monoisotopic (exact) mass is 316 g/mol. The highest BCUT2D eigenvalue weighted by atomic mass is 16.5. The summed E-state index contributed by atoms with van der Waals surface area (Å²) in [6, 6.07) is 7.17. The van der Waals surface area contributed by atoms with E-state index in [1.165, 1.54) is 0 Å². The summed E-state index contributed by atoms with van der Waals surface area (Å²) in [6.45, 7) is 6.18. The SMILES string of the molecule is CCCCc1c(OC(=O)CCC(C)C)c2ccccc2oc1=O. The Morgan fingerprint density at radius 3 is 2.70 bits per heavy atom. The van der Waals surface area contributed by atoms with Gasteiger partial charge in [-0.15, -0.1) is 0 Å². The molecular weight excluding hydrogens is 292 g/mol. The molecule has 0 saturated carbocycles. The average molecular weight is 316 g/mol. The molecule has 4 heteroatoms. The van der Waals surface area contributed by atoms with Gasteiger partial charge in [-0.2, -0.15) is 0 Å². The largest absolute Gasteiger partial charge is 0.425 e. The molecule has 0 atom stereocenters. The highest BCUT2D eigenvalue weighted by Gasteiger charge is 2.18. The molecule has 0 aliphatic heterocycles. The van der Waals surface area contributed by atoms with Crippen LogP contribution in [-0.4, -0.2) is 5.97 Å². The zero-order chi connectivity index (χ0) is 16.8. The van der Waals surface area contributed by atoms with Crippen LogP contribution in [0, 0.1) is 5.92 Å². The van der Waals surface area contributed by atoms with Gasteiger partial charge in [0.15, 0.2) is 5.75 Å². The highest BCUT2D eigenvalue weighted by Crippen LogP contribution is 2.29. The molecular formula is C19H24O4. The number of ether oxygens (including phenoxy) is 1. The van der Waals surface area contributed by atoms with E-state index in [4.69, 9.17) is 9.15 Å². The van der Waals surface area contributed by atoms with Crippen LogP contribution in [0.15, 0.2) is 33.5 Å². The average Bonchev–Trinajstić information content (AvgIpc) is 2.52. The van der Waals surface area contributed by atoms with Crippen molar-refractivity contribution >= 4 is 16.9 Å². The molecule has 124 valence electrons. The van der Waals surface area contributed by atoms with E-state index in [0.29, 0.717) is 41.0 Å². The summed E-state index contributed by atoms with van der Waals surface area (Å²) in [5.74, 6) is 0.506. The van der Waals surface area contributed by atoms with Crippen LogP contribution in [0.25, 0.3) is 11.0 Å². The van der Waals surface area contributed by atoms with Gasteiger partial charge in [-0.25, -0.2) is 4.79 Å². The summed E-state index contributed by atoms with van der Waals surface area (Å²) in [7, 11) is 0. The first kappa shape index (κ1) is 17.3. The first-order chi connectivity index (χ1) is 11.0. The lowest BCUT2D eigenvalue weighted by Crippen LogP contribution is -2.16. The summed E-state index contributed by atoms with van der Waals surface area (Å²) in [6.07, 6.45) is 3.46. The molecule has 1 heterocycles. The van der Waals surface area contributed by atoms with Crippen molar-refractivity contribution in [3.8, 4) is 5.75 Å². The third kappa shape index (κ3) is 4.44. The van der Waals surface area contributed by atoms with Crippen molar-refractivity contribution in [3.63, 3.8) is 0 Å². The second-order valence-corrected chi connectivity index (χ2v) is 6.20. The number of fused-ring (bicyclic) bond motifs is 1. The fourth-order valence-electron chi connectivity index (χ4n) is 2.42.